The fourth-order valence-corrected chi connectivity index (χ4v) is 3.80. The summed E-state index contributed by atoms with van der Waals surface area (Å²) in [5, 5.41) is 3.67. The predicted molar refractivity (Wildman–Crippen MR) is 80.4 cm³/mol. The van der Waals surface area contributed by atoms with Gasteiger partial charge >= 0.3 is 0 Å². The summed E-state index contributed by atoms with van der Waals surface area (Å²) in [6, 6.07) is 3.75. The molecule has 2 heterocycles. The molecule has 1 aliphatic rings. The van der Waals surface area contributed by atoms with Crippen LogP contribution in [-0.2, 0) is 6.54 Å². The molecule has 0 aliphatic carbocycles. The zero-order valence-electron chi connectivity index (χ0n) is 12.1. The Bertz CT molecular complexity index is 386. The maximum atomic E-state index is 3.67. The lowest BCUT2D eigenvalue weighted by atomic mass is 10.0. The molecule has 0 saturated carbocycles. The van der Waals surface area contributed by atoms with Gasteiger partial charge in [0.15, 0.2) is 0 Å². The summed E-state index contributed by atoms with van der Waals surface area (Å²) in [6.07, 6.45) is 2.47. The molecule has 0 bridgehead atoms. The van der Waals surface area contributed by atoms with Gasteiger partial charge in [-0.05, 0) is 38.3 Å². The number of aryl methyl sites for hydroxylation is 2. The average Bonchev–Trinajstić information content (AvgIpc) is 2.67. The van der Waals surface area contributed by atoms with Crippen molar-refractivity contribution < 1.29 is 0 Å². The van der Waals surface area contributed by atoms with E-state index in [0.29, 0.717) is 12.1 Å². The van der Waals surface area contributed by atoms with Crippen molar-refractivity contribution in [2.24, 2.45) is 0 Å². The highest BCUT2D eigenvalue weighted by Gasteiger charge is 2.26. The summed E-state index contributed by atoms with van der Waals surface area (Å²) in [6.45, 7) is 12.5. The van der Waals surface area contributed by atoms with E-state index in [0.717, 1.165) is 13.1 Å². The van der Waals surface area contributed by atoms with E-state index in [1.54, 1.807) is 0 Å². The second-order valence-corrected chi connectivity index (χ2v) is 6.90. The molecule has 102 valence electrons. The highest BCUT2D eigenvalue weighted by atomic mass is 32.1. The number of hydrogen-bond donors (Lipinski definition) is 1. The van der Waals surface area contributed by atoms with Gasteiger partial charge < -0.3 is 5.32 Å². The molecule has 3 heteroatoms. The van der Waals surface area contributed by atoms with E-state index in [1.807, 2.05) is 11.3 Å². The van der Waals surface area contributed by atoms with Crippen molar-refractivity contribution in [3.63, 3.8) is 0 Å². The lowest BCUT2D eigenvalue weighted by Gasteiger charge is -2.40. The minimum Gasteiger partial charge on any atom is -0.311 e. The lowest BCUT2D eigenvalue weighted by Crippen LogP contribution is -2.55. The zero-order valence-corrected chi connectivity index (χ0v) is 12.9. The van der Waals surface area contributed by atoms with Gasteiger partial charge in [-0.2, -0.15) is 0 Å². The van der Waals surface area contributed by atoms with Crippen molar-refractivity contribution in [1.29, 1.82) is 0 Å². The number of hydrogen-bond acceptors (Lipinski definition) is 3. The second-order valence-electron chi connectivity index (χ2n) is 5.44. The number of nitrogens with zero attached hydrogens (tertiary/aromatic N) is 1. The molecule has 0 radical (unpaired) electrons. The van der Waals surface area contributed by atoms with E-state index in [4.69, 9.17) is 0 Å². The topological polar surface area (TPSA) is 15.3 Å². The van der Waals surface area contributed by atoms with E-state index < -0.39 is 0 Å². The summed E-state index contributed by atoms with van der Waals surface area (Å²) < 4.78 is 0. The fraction of sp³-hybridized carbons (Fsp3) is 0.733. The molecular weight excluding hydrogens is 240 g/mol. The van der Waals surface area contributed by atoms with E-state index in [-0.39, 0.29) is 0 Å². The van der Waals surface area contributed by atoms with Gasteiger partial charge in [-0.15, -0.1) is 11.3 Å². The third-order valence-corrected chi connectivity index (χ3v) is 5.10. The molecule has 2 nitrogen and oxygen atoms in total. The number of piperazine rings is 1. The Morgan fingerprint density at radius 2 is 2.11 bits per heavy atom. The van der Waals surface area contributed by atoms with Crippen LogP contribution in [0, 0.1) is 13.8 Å². The van der Waals surface area contributed by atoms with Crippen LogP contribution in [0.3, 0.4) is 0 Å². The van der Waals surface area contributed by atoms with Gasteiger partial charge in [-0.1, -0.05) is 13.8 Å². The first kappa shape index (κ1) is 14.0. The molecule has 1 saturated heterocycles. The van der Waals surface area contributed by atoms with Crippen molar-refractivity contribution in [1.82, 2.24) is 10.2 Å². The minimum atomic E-state index is 0.674. The molecule has 18 heavy (non-hydrogen) atoms. The van der Waals surface area contributed by atoms with Crippen molar-refractivity contribution in [2.75, 3.05) is 13.1 Å². The van der Waals surface area contributed by atoms with Crippen LogP contribution < -0.4 is 5.32 Å². The van der Waals surface area contributed by atoms with Crippen molar-refractivity contribution in [3.8, 4) is 0 Å². The van der Waals surface area contributed by atoms with Crippen LogP contribution in [0.4, 0.5) is 0 Å². The Balaban J connectivity index is 2.06. The fourth-order valence-electron chi connectivity index (χ4n) is 2.86. The maximum Gasteiger partial charge on any atom is 0.0248 e. The van der Waals surface area contributed by atoms with Gasteiger partial charge in [0, 0.05) is 41.5 Å². The largest absolute Gasteiger partial charge is 0.311 e. The minimum absolute atomic E-state index is 0.674. The Hall–Kier alpha value is -0.380. The molecule has 0 spiro atoms. The average molecular weight is 266 g/mol. The van der Waals surface area contributed by atoms with Gasteiger partial charge in [0.1, 0.15) is 0 Å². The Labute approximate surface area is 115 Å². The molecule has 0 aromatic carbocycles. The molecule has 1 N–H and O–H groups in total. The van der Waals surface area contributed by atoms with Crippen LogP contribution in [0.5, 0.6) is 0 Å². The molecule has 1 aromatic heterocycles. The first-order valence-corrected chi connectivity index (χ1v) is 7.99. The first-order chi connectivity index (χ1) is 8.63. The standard InChI is InChI=1S/C15H26N2S/c1-5-14-10-17(15(6-2)8-16-14)9-13-7-11(3)18-12(13)4/h7,14-16H,5-6,8-10H2,1-4H3. The third-order valence-electron chi connectivity index (χ3n) is 4.09. The monoisotopic (exact) mass is 266 g/mol. The highest BCUT2D eigenvalue weighted by Crippen LogP contribution is 2.24. The van der Waals surface area contributed by atoms with Gasteiger partial charge in [-0.3, -0.25) is 4.90 Å². The van der Waals surface area contributed by atoms with Crippen LogP contribution >= 0.6 is 11.3 Å². The Kier molecular flexibility index (Phi) is 4.82. The molecule has 2 atom stereocenters. The zero-order chi connectivity index (χ0) is 13.1. The summed E-state index contributed by atoms with van der Waals surface area (Å²) in [4.78, 5) is 5.62. The molecule has 1 fully saturated rings. The van der Waals surface area contributed by atoms with Crippen LogP contribution in [0.1, 0.15) is 42.0 Å². The molecule has 1 aromatic rings. The van der Waals surface area contributed by atoms with Crippen LogP contribution in [0.15, 0.2) is 6.07 Å². The number of thiophene rings is 1. The highest BCUT2D eigenvalue weighted by molar-refractivity contribution is 7.12. The molecule has 0 amide bonds. The molecule has 1 aliphatic heterocycles. The maximum absolute atomic E-state index is 3.67. The summed E-state index contributed by atoms with van der Waals surface area (Å²) in [7, 11) is 0. The predicted octanol–water partition coefficient (Wildman–Crippen LogP) is 3.33. The van der Waals surface area contributed by atoms with Gasteiger partial charge in [0.2, 0.25) is 0 Å². The smallest absolute Gasteiger partial charge is 0.0248 e. The van der Waals surface area contributed by atoms with Crippen molar-refractivity contribution in [2.45, 2.75) is 59.2 Å². The number of nitrogens with one attached hydrogen (secondary N) is 1. The normalized spacial score (nSPS) is 25.6. The summed E-state index contributed by atoms with van der Waals surface area (Å²) in [5.41, 5.74) is 1.53. The summed E-state index contributed by atoms with van der Waals surface area (Å²) >= 11 is 1.93. The van der Waals surface area contributed by atoms with E-state index >= 15 is 0 Å². The van der Waals surface area contributed by atoms with Gasteiger partial charge in [0.05, 0.1) is 0 Å². The van der Waals surface area contributed by atoms with Gasteiger partial charge in [0.25, 0.3) is 0 Å². The molecular formula is C15H26N2S. The quantitative estimate of drug-likeness (QED) is 0.899. The van der Waals surface area contributed by atoms with Crippen LogP contribution in [-0.4, -0.2) is 30.1 Å². The first-order valence-electron chi connectivity index (χ1n) is 7.17. The summed E-state index contributed by atoms with van der Waals surface area (Å²) in [5.74, 6) is 0. The molecule has 2 unspecified atom stereocenters. The lowest BCUT2D eigenvalue weighted by molar-refractivity contribution is 0.117. The second kappa shape index (κ2) is 6.18. The number of rotatable bonds is 4. The Morgan fingerprint density at radius 3 is 2.67 bits per heavy atom. The van der Waals surface area contributed by atoms with Gasteiger partial charge in [-0.25, -0.2) is 0 Å². The van der Waals surface area contributed by atoms with E-state index in [1.165, 1.54) is 34.7 Å². The van der Waals surface area contributed by atoms with E-state index in [9.17, 15) is 0 Å². The van der Waals surface area contributed by atoms with Crippen molar-refractivity contribution >= 4 is 11.3 Å². The SMILES string of the molecule is CCC1CN(Cc2cc(C)sc2C)C(CC)CN1. The van der Waals surface area contributed by atoms with Crippen LogP contribution in [0.25, 0.3) is 0 Å². The Morgan fingerprint density at radius 1 is 1.33 bits per heavy atom. The molecule has 2 rings (SSSR count). The van der Waals surface area contributed by atoms with Crippen molar-refractivity contribution in [3.05, 3.63) is 21.4 Å². The van der Waals surface area contributed by atoms with Crippen LogP contribution in [0.2, 0.25) is 0 Å². The third kappa shape index (κ3) is 3.14. The van der Waals surface area contributed by atoms with E-state index in [2.05, 4.69) is 44.0 Å².